The Morgan fingerprint density at radius 2 is 1.97 bits per heavy atom. The Labute approximate surface area is 187 Å². The second kappa shape index (κ2) is 9.96. The van der Waals surface area contributed by atoms with Crippen LogP contribution < -0.4 is 5.32 Å². The number of carbonyl (C=O) groups is 2. The lowest BCUT2D eigenvalue weighted by Crippen LogP contribution is -2.38. The van der Waals surface area contributed by atoms with Gasteiger partial charge in [0.2, 0.25) is 0 Å². The number of hydrogen-bond acceptors (Lipinski definition) is 3. The van der Waals surface area contributed by atoms with Crippen molar-refractivity contribution in [2.45, 2.75) is 32.1 Å². The molecular formula is C24H27ClN4O2. The first-order chi connectivity index (χ1) is 15.1. The van der Waals surface area contributed by atoms with Crippen LogP contribution in [0.25, 0.3) is 10.9 Å². The highest BCUT2D eigenvalue weighted by Crippen LogP contribution is 2.25. The van der Waals surface area contributed by atoms with Crippen molar-refractivity contribution < 1.29 is 9.59 Å². The van der Waals surface area contributed by atoms with Crippen LogP contribution in [0.5, 0.6) is 0 Å². The molecule has 1 aromatic carbocycles. The van der Waals surface area contributed by atoms with E-state index >= 15 is 0 Å². The number of rotatable bonds is 7. The number of amides is 2. The van der Waals surface area contributed by atoms with E-state index in [9.17, 15) is 9.59 Å². The van der Waals surface area contributed by atoms with Gasteiger partial charge in [0, 0.05) is 42.9 Å². The van der Waals surface area contributed by atoms with Gasteiger partial charge >= 0.3 is 0 Å². The molecule has 0 aliphatic carbocycles. The highest BCUT2D eigenvalue weighted by Gasteiger charge is 2.24. The molecule has 162 valence electrons. The zero-order valence-electron chi connectivity index (χ0n) is 17.4. The second-order valence-electron chi connectivity index (χ2n) is 8.11. The summed E-state index contributed by atoms with van der Waals surface area (Å²) in [5.41, 5.74) is 2.07. The van der Waals surface area contributed by atoms with Gasteiger partial charge in [0.15, 0.2) is 0 Å². The SMILES string of the molecule is O=C(NCCCCC1CCN(C(=O)c2ccccc2Cl)CC1)c1cc2cnccc2[nH]1. The summed E-state index contributed by atoms with van der Waals surface area (Å²) in [5, 5.41) is 4.44. The number of nitrogens with zero attached hydrogens (tertiary/aromatic N) is 2. The first-order valence-electron chi connectivity index (χ1n) is 10.9. The fourth-order valence-corrected chi connectivity index (χ4v) is 4.40. The van der Waals surface area contributed by atoms with Crippen LogP contribution in [-0.2, 0) is 0 Å². The summed E-state index contributed by atoms with van der Waals surface area (Å²) in [6.45, 7) is 2.22. The number of nitrogens with one attached hydrogen (secondary N) is 2. The minimum atomic E-state index is -0.0809. The van der Waals surface area contributed by atoms with Crippen molar-refractivity contribution >= 4 is 34.3 Å². The van der Waals surface area contributed by atoms with Gasteiger partial charge in [-0.2, -0.15) is 0 Å². The average molecular weight is 439 g/mol. The summed E-state index contributed by atoms with van der Waals surface area (Å²) in [6, 6.07) is 10.9. The summed E-state index contributed by atoms with van der Waals surface area (Å²) in [5.74, 6) is 0.578. The van der Waals surface area contributed by atoms with E-state index in [0.29, 0.717) is 28.7 Å². The molecule has 4 rings (SSSR count). The Kier molecular flexibility index (Phi) is 6.87. The smallest absolute Gasteiger partial charge is 0.267 e. The Morgan fingerprint density at radius 1 is 1.16 bits per heavy atom. The summed E-state index contributed by atoms with van der Waals surface area (Å²) in [7, 11) is 0. The molecule has 0 saturated carbocycles. The molecule has 0 spiro atoms. The van der Waals surface area contributed by atoms with E-state index in [-0.39, 0.29) is 11.8 Å². The molecule has 1 aliphatic rings. The number of carbonyl (C=O) groups excluding carboxylic acids is 2. The number of aromatic amines is 1. The van der Waals surface area contributed by atoms with Gasteiger partial charge in [-0.3, -0.25) is 14.6 Å². The van der Waals surface area contributed by atoms with Crippen LogP contribution >= 0.6 is 11.6 Å². The molecule has 6 nitrogen and oxygen atoms in total. The molecule has 1 saturated heterocycles. The number of unbranched alkanes of at least 4 members (excludes halogenated alkanes) is 1. The van der Waals surface area contributed by atoms with Crippen LogP contribution in [0.15, 0.2) is 48.8 Å². The highest BCUT2D eigenvalue weighted by molar-refractivity contribution is 6.33. The number of aromatic nitrogens is 2. The quantitative estimate of drug-likeness (QED) is 0.526. The van der Waals surface area contributed by atoms with E-state index in [1.165, 1.54) is 0 Å². The number of H-pyrrole nitrogens is 1. The molecule has 1 fully saturated rings. The molecular weight excluding hydrogens is 412 g/mol. The Morgan fingerprint density at radius 3 is 2.74 bits per heavy atom. The van der Waals surface area contributed by atoms with Gasteiger partial charge in [-0.1, -0.05) is 36.6 Å². The molecule has 0 unspecified atom stereocenters. The fourth-order valence-electron chi connectivity index (χ4n) is 4.18. The third-order valence-corrected chi connectivity index (χ3v) is 6.33. The molecule has 0 bridgehead atoms. The number of piperidine rings is 1. The van der Waals surface area contributed by atoms with Crippen molar-refractivity contribution in [1.29, 1.82) is 0 Å². The number of pyridine rings is 1. The molecule has 7 heteroatoms. The predicted molar refractivity (Wildman–Crippen MR) is 122 cm³/mol. The average Bonchev–Trinajstić information content (AvgIpc) is 3.23. The van der Waals surface area contributed by atoms with E-state index in [1.807, 2.05) is 29.2 Å². The Balaban J connectivity index is 1.14. The minimum Gasteiger partial charge on any atom is -0.351 e. The minimum absolute atomic E-state index is 0.0273. The topological polar surface area (TPSA) is 78.1 Å². The van der Waals surface area contributed by atoms with Crippen LogP contribution in [0, 0.1) is 5.92 Å². The lowest BCUT2D eigenvalue weighted by Gasteiger charge is -2.32. The van der Waals surface area contributed by atoms with E-state index < -0.39 is 0 Å². The maximum Gasteiger partial charge on any atom is 0.267 e. The molecule has 3 heterocycles. The Hall–Kier alpha value is -2.86. The van der Waals surface area contributed by atoms with Crippen LogP contribution in [0.3, 0.4) is 0 Å². The Bertz CT molecular complexity index is 1020. The monoisotopic (exact) mass is 438 g/mol. The number of likely N-dealkylation sites (tertiary alicyclic amines) is 1. The molecule has 1 aliphatic heterocycles. The van der Waals surface area contributed by atoms with Crippen LogP contribution in [-0.4, -0.2) is 46.3 Å². The van der Waals surface area contributed by atoms with Crippen molar-refractivity contribution in [2.24, 2.45) is 5.92 Å². The number of halogens is 1. The van der Waals surface area contributed by atoms with Gasteiger partial charge < -0.3 is 15.2 Å². The zero-order valence-corrected chi connectivity index (χ0v) is 18.2. The molecule has 2 N–H and O–H groups in total. The maximum absolute atomic E-state index is 12.7. The third kappa shape index (κ3) is 5.25. The van der Waals surface area contributed by atoms with Crippen molar-refractivity contribution in [1.82, 2.24) is 20.2 Å². The van der Waals surface area contributed by atoms with Crippen LogP contribution in [0.1, 0.15) is 53.0 Å². The van der Waals surface area contributed by atoms with E-state index in [1.54, 1.807) is 24.5 Å². The molecule has 2 aromatic heterocycles. The summed E-state index contributed by atoms with van der Waals surface area (Å²) < 4.78 is 0. The molecule has 0 radical (unpaired) electrons. The van der Waals surface area contributed by atoms with Crippen molar-refractivity contribution in [2.75, 3.05) is 19.6 Å². The van der Waals surface area contributed by atoms with Gasteiger partial charge in [0.05, 0.1) is 10.6 Å². The van der Waals surface area contributed by atoms with Crippen LogP contribution in [0.4, 0.5) is 0 Å². The normalized spacial score (nSPS) is 14.7. The summed E-state index contributed by atoms with van der Waals surface area (Å²) >= 11 is 6.16. The number of fused-ring (bicyclic) bond motifs is 1. The van der Waals surface area contributed by atoms with Gasteiger partial charge in [0.25, 0.3) is 11.8 Å². The lowest BCUT2D eigenvalue weighted by atomic mass is 9.91. The number of benzene rings is 1. The molecule has 2 amide bonds. The highest BCUT2D eigenvalue weighted by atomic mass is 35.5. The van der Waals surface area contributed by atoms with Gasteiger partial charge in [-0.25, -0.2) is 0 Å². The van der Waals surface area contributed by atoms with Gasteiger partial charge in [0.1, 0.15) is 5.69 Å². The summed E-state index contributed by atoms with van der Waals surface area (Å²) in [6.07, 6.45) is 8.64. The van der Waals surface area contributed by atoms with E-state index in [2.05, 4.69) is 15.3 Å². The standard InChI is InChI=1S/C24H27ClN4O2/c25-20-7-2-1-6-19(20)24(31)29-13-9-17(10-14-29)5-3-4-11-27-23(30)22-15-18-16-26-12-8-21(18)28-22/h1-2,6-8,12,15-17,28H,3-5,9-11,13-14H2,(H,27,30). The lowest BCUT2D eigenvalue weighted by molar-refractivity contribution is 0.0686. The number of hydrogen-bond donors (Lipinski definition) is 2. The molecule has 31 heavy (non-hydrogen) atoms. The maximum atomic E-state index is 12.7. The molecule has 3 aromatic rings. The van der Waals surface area contributed by atoms with Crippen LogP contribution in [0.2, 0.25) is 5.02 Å². The van der Waals surface area contributed by atoms with Crippen molar-refractivity contribution in [3.8, 4) is 0 Å². The first kappa shape index (κ1) is 21.4. The largest absolute Gasteiger partial charge is 0.351 e. The molecule has 0 atom stereocenters. The second-order valence-corrected chi connectivity index (χ2v) is 8.52. The van der Waals surface area contributed by atoms with E-state index in [0.717, 1.165) is 56.1 Å². The fraction of sp³-hybridized carbons (Fsp3) is 0.375. The van der Waals surface area contributed by atoms with E-state index in [4.69, 9.17) is 11.6 Å². The predicted octanol–water partition coefficient (Wildman–Crippen LogP) is 4.67. The van der Waals surface area contributed by atoms with Gasteiger partial charge in [-0.15, -0.1) is 0 Å². The first-order valence-corrected chi connectivity index (χ1v) is 11.2. The summed E-state index contributed by atoms with van der Waals surface area (Å²) in [4.78, 5) is 34.1. The van der Waals surface area contributed by atoms with Gasteiger partial charge in [-0.05, 0) is 49.4 Å². The van der Waals surface area contributed by atoms with Crippen molar-refractivity contribution in [3.63, 3.8) is 0 Å². The van der Waals surface area contributed by atoms with Crippen molar-refractivity contribution in [3.05, 3.63) is 65.1 Å². The third-order valence-electron chi connectivity index (χ3n) is 6.00. The zero-order chi connectivity index (χ0) is 21.6.